The van der Waals surface area contributed by atoms with Gasteiger partial charge in [-0.25, -0.2) is 0 Å². The van der Waals surface area contributed by atoms with E-state index in [-0.39, 0.29) is 17.5 Å². The minimum absolute atomic E-state index is 0.0287. The van der Waals surface area contributed by atoms with E-state index in [4.69, 9.17) is 4.74 Å². The van der Waals surface area contributed by atoms with Crippen molar-refractivity contribution in [2.45, 2.75) is 85.2 Å². The number of rotatable bonds is 2. The number of carbonyl (C=O) groups is 2. The molecule has 0 aromatic carbocycles. The summed E-state index contributed by atoms with van der Waals surface area (Å²) in [7, 11) is 0. The highest BCUT2D eigenvalue weighted by molar-refractivity contribution is 5.91. The van der Waals surface area contributed by atoms with Crippen molar-refractivity contribution in [1.82, 2.24) is 0 Å². The van der Waals surface area contributed by atoms with Crippen molar-refractivity contribution < 1.29 is 14.3 Å². The molecular weight excluding hydrogens is 324 g/mol. The Bertz CT molecular complexity index is 650. The van der Waals surface area contributed by atoms with Crippen LogP contribution in [0, 0.1) is 34.5 Å². The summed E-state index contributed by atoms with van der Waals surface area (Å²) >= 11 is 0. The van der Waals surface area contributed by atoms with E-state index < -0.39 is 0 Å². The second-order valence-electron chi connectivity index (χ2n) is 10.0. The third-order valence-electron chi connectivity index (χ3n) is 8.95. The Kier molecular flexibility index (Phi) is 4.36. The zero-order valence-corrected chi connectivity index (χ0v) is 16.8. The Morgan fingerprint density at radius 2 is 1.88 bits per heavy atom. The van der Waals surface area contributed by atoms with E-state index >= 15 is 0 Å². The second-order valence-corrected chi connectivity index (χ2v) is 10.0. The van der Waals surface area contributed by atoms with Crippen molar-refractivity contribution in [3.05, 3.63) is 11.6 Å². The Morgan fingerprint density at radius 1 is 1.12 bits per heavy atom. The molecule has 3 fully saturated rings. The van der Waals surface area contributed by atoms with Crippen LogP contribution in [0.3, 0.4) is 0 Å². The summed E-state index contributed by atoms with van der Waals surface area (Å²) in [6.45, 7) is 8.55. The molecule has 4 aliphatic rings. The quantitative estimate of drug-likeness (QED) is 0.646. The molecule has 0 aromatic heterocycles. The standard InChI is InChI=1S/C23H34O3/c1-14(26-15(2)24)19-7-8-20-18-6-5-16-13-17(25)9-11-22(16,3)21(18)10-12-23(19,20)4/h13-14,18-21H,5-12H2,1-4H3/t14-,18+,19-,20+,21+,22-,23-/m0/s1. The zero-order valence-electron chi connectivity index (χ0n) is 16.8. The minimum Gasteiger partial charge on any atom is -0.463 e. The van der Waals surface area contributed by atoms with Crippen molar-refractivity contribution >= 4 is 11.8 Å². The fraction of sp³-hybridized carbons (Fsp3) is 0.826. The van der Waals surface area contributed by atoms with Gasteiger partial charge in [-0.1, -0.05) is 19.4 Å². The number of hydrogen-bond acceptors (Lipinski definition) is 3. The van der Waals surface area contributed by atoms with Crippen LogP contribution >= 0.6 is 0 Å². The highest BCUT2D eigenvalue weighted by Gasteiger charge is 2.59. The molecular formula is C23H34O3. The number of carbonyl (C=O) groups excluding carboxylic acids is 2. The van der Waals surface area contributed by atoms with E-state index in [0.717, 1.165) is 37.0 Å². The molecule has 3 heteroatoms. The first-order valence-electron chi connectivity index (χ1n) is 10.7. The number of fused-ring (bicyclic) bond motifs is 5. The van der Waals surface area contributed by atoms with E-state index in [1.54, 1.807) is 0 Å². The topological polar surface area (TPSA) is 43.4 Å². The normalized spacial score (nSPS) is 45.8. The van der Waals surface area contributed by atoms with Crippen molar-refractivity contribution in [2.24, 2.45) is 34.5 Å². The van der Waals surface area contributed by atoms with Crippen LogP contribution in [0.15, 0.2) is 11.6 Å². The van der Waals surface area contributed by atoms with Crippen molar-refractivity contribution in [3.8, 4) is 0 Å². The second kappa shape index (κ2) is 6.21. The highest BCUT2D eigenvalue weighted by atomic mass is 16.5. The molecule has 0 spiro atoms. The Labute approximate surface area is 157 Å². The van der Waals surface area contributed by atoms with Crippen LogP contribution in [0.5, 0.6) is 0 Å². The molecule has 4 aliphatic carbocycles. The van der Waals surface area contributed by atoms with Crippen LogP contribution in [0.4, 0.5) is 0 Å². The van der Waals surface area contributed by atoms with Gasteiger partial charge in [-0.15, -0.1) is 0 Å². The molecule has 0 unspecified atom stereocenters. The number of allylic oxidation sites excluding steroid dienone is 1. The smallest absolute Gasteiger partial charge is 0.302 e. The molecule has 144 valence electrons. The molecule has 3 saturated carbocycles. The lowest BCUT2D eigenvalue weighted by Crippen LogP contribution is -2.51. The number of hydrogen-bond donors (Lipinski definition) is 0. The van der Waals surface area contributed by atoms with Crippen molar-refractivity contribution in [3.63, 3.8) is 0 Å². The highest BCUT2D eigenvalue weighted by Crippen LogP contribution is 2.67. The monoisotopic (exact) mass is 358 g/mol. The molecule has 0 radical (unpaired) electrons. The van der Waals surface area contributed by atoms with Crippen LogP contribution in [-0.4, -0.2) is 17.9 Å². The average molecular weight is 359 g/mol. The van der Waals surface area contributed by atoms with E-state index in [0.29, 0.717) is 17.1 Å². The average Bonchev–Trinajstić information content (AvgIpc) is 2.92. The summed E-state index contributed by atoms with van der Waals surface area (Å²) in [5.74, 6) is 2.95. The summed E-state index contributed by atoms with van der Waals surface area (Å²) in [6.07, 6.45) is 11.1. The van der Waals surface area contributed by atoms with Gasteiger partial charge in [0.15, 0.2) is 5.78 Å². The molecule has 0 bridgehead atoms. The SMILES string of the molecule is CC(=O)O[C@@H](C)[C@@H]1CC[C@@H]2[C@H]3CCC4=CC(=O)CC[C@]4(C)[C@@H]3CC[C@]21C. The fourth-order valence-corrected chi connectivity index (χ4v) is 7.71. The van der Waals surface area contributed by atoms with Crippen LogP contribution in [-0.2, 0) is 14.3 Å². The molecule has 26 heavy (non-hydrogen) atoms. The molecule has 7 atom stereocenters. The van der Waals surface area contributed by atoms with Gasteiger partial charge < -0.3 is 4.74 Å². The first-order valence-corrected chi connectivity index (χ1v) is 10.7. The van der Waals surface area contributed by atoms with Gasteiger partial charge in [0.2, 0.25) is 0 Å². The van der Waals surface area contributed by atoms with Gasteiger partial charge in [-0.3, -0.25) is 9.59 Å². The lowest BCUT2D eigenvalue weighted by atomic mass is 9.46. The minimum atomic E-state index is -0.148. The molecule has 0 aliphatic heterocycles. The Balaban J connectivity index is 1.59. The van der Waals surface area contributed by atoms with Crippen LogP contribution in [0.2, 0.25) is 0 Å². The van der Waals surface area contributed by atoms with Gasteiger partial charge in [0.25, 0.3) is 0 Å². The number of ether oxygens (including phenoxy) is 1. The van der Waals surface area contributed by atoms with Crippen LogP contribution in [0.1, 0.15) is 79.1 Å². The molecule has 0 N–H and O–H groups in total. The van der Waals surface area contributed by atoms with Gasteiger partial charge in [-0.2, -0.15) is 0 Å². The van der Waals surface area contributed by atoms with Crippen LogP contribution in [0.25, 0.3) is 0 Å². The molecule has 3 nitrogen and oxygen atoms in total. The summed E-state index contributed by atoms with van der Waals surface area (Å²) in [5.41, 5.74) is 2.00. The first kappa shape index (κ1) is 18.3. The first-order chi connectivity index (χ1) is 12.3. The lowest BCUT2D eigenvalue weighted by Gasteiger charge is -2.58. The molecule has 0 amide bonds. The van der Waals surface area contributed by atoms with Gasteiger partial charge in [0.05, 0.1) is 0 Å². The Morgan fingerprint density at radius 3 is 2.62 bits per heavy atom. The van der Waals surface area contributed by atoms with E-state index in [2.05, 4.69) is 20.8 Å². The lowest BCUT2D eigenvalue weighted by molar-refractivity contribution is -0.152. The Hall–Kier alpha value is -1.12. The van der Waals surface area contributed by atoms with Crippen molar-refractivity contribution in [1.29, 1.82) is 0 Å². The largest absolute Gasteiger partial charge is 0.463 e. The summed E-state index contributed by atoms with van der Waals surface area (Å²) in [6, 6.07) is 0. The third kappa shape index (κ3) is 2.60. The maximum Gasteiger partial charge on any atom is 0.302 e. The van der Waals surface area contributed by atoms with Crippen molar-refractivity contribution in [2.75, 3.05) is 0 Å². The predicted molar refractivity (Wildman–Crippen MR) is 101 cm³/mol. The van der Waals surface area contributed by atoms with Gasteiger partial charge in [0, 0.05) is 19.3 Å². The number of esters is 1. The maximum atomic E-state index is 11.9. The molecule has 0 aromatic rings. The summed E-state index contributed by atoms with van der Waals surface area (Å²) < 4.78 is 5.62. The fourth-order valence-electron chi connectivity index (χ4n) is 7.71. The van der Waals surface area contributed by atoms with E-state index in [1.165, 1.54) is 44.6 Å². The van der Waals surface area contributed by atoms with Gasteiger partial charge >= 0.3 is 5.97 Å². The zero-order chi connectivity index (χ0) is 18.7. The molecule has 0 heterocycles. The number of ketones is 1. The molecule has 0 saturated heterocycles. The maximum absolute atomic E-state index is 11.9. The third-order valence-corrected chi connectivity index (χ3v) is 8.95. The van der Waals surface area contributed by atoms with Crippen LogP contribution < -0.4 is 0 Å². The van der Waals surface area contributed by atoms with Gasteiger partial charge in [0.1, 0.15) is 6.10 Å². The summed E-state index contributed by atoms with van der Waals surface area (Å²) in [4.78, 5) is 23.4. The van der Waals surface area contributed by atoms with E-state index in [1.807, 2.05) is 6.08 Å². The van der Waals surface area contributed by atoms with E-state index in [9.17, 15) is 9.59 Å². The predicted octanol–water partition coefficient (Wildman–Crippen LogP) is 5.09. The summed E-state index contributed by atoms with van der Waals surface area (Å²) in [5, 5.41) is 0. The van der Waals surface area contributed by atoms with Gasteiger partial charge in [-0.05, 0) is 86.5 Å². The molecule has 4 rings (SSSR count).